The van der Waals surface area contributed by atoms with Gasteiger partial charge in [0.2, 0.25) is 11.9 Å². The highest BCUT2D eigenvalue weighted by Gasteiger charge is 2.24. The van der Waals surface area contributed by atoms with Gasteiger partial charge in [-0.3, -0.25) is 9.59 Å². The molecule has 9 heteroatoms. The predicted octanol–water partition coefficient (Wildman–Crippen LogP) is 5.97. The van der Waals surface area contributed by atoms with E-state index in [0.717, 1.165) is 36.4 Å². The number of anilines is 3. The van der Waals surface area contributed by atoms with Crippen LogP contribution in [0.4, 0.5) is 21.7 Å². The van der Waals surface area contributed by atoms with Gasteiger partial charge in [-0.05, 0) is 69.5 Å². The number of benzene rings is 2. The van der Waals surface area contributed by atoms with Crippen molar-refractivity contribution in [2.24, 2.45) is 0 Å². The number of amides is 2. The molecule has 0 unspecified atom stereocenters. The monoisotopic (exact) mass is 512 g/mol. The summed E-state index contributed by atoms with van der Waals surface area (Å²) < 4.78 is 16.9. The van der Waals surface area contributed by atoms with E-state index in [-0.39, 0.29) is 35.5 Å². The van der Waals surface area contributed by atoms with E-state index in [9.17, 15) is 14.0 Å². The Morgan fingerprint density at radius 1 is 1.13 bits per heavy atom. The molecule has 0 radical (unpaired) electrons. The number of hydrogen-bond donors (Lipinski definition) is 3. The molecule has 3 N–H and O–H groups in total. The normalized spacial score (nSPS) is 13.3. The Bertz CT molecular complexity index is 1540. The first-order valence-electron chi connectivity index (χ1n) is 12.6. The van der Waals surface area contributed by atoms with Gasteiger partial charge in [0, 0.05) is 39.9 Å². The van der Waals surface area contributed by atoms with Gasteiger partial charge in [0.1, 0.15) is 11.4 Å². The van der Waals surface area contributed by atoms with Crippen molar-refractivity contribution in [3.63, 3.8) is 0 Å². The maximum absolute atomic E-state index is 14.9. The van der Waals surface area contributed by atoms with Crippen LogP contribution in [-0.4, -0.2) is 32.4 Å². The Kier molecular flexibility index (Phi) is 6.91. The standard InChI is InChI=1S/C29H29FN6O2/c1-4-26(37)32-21-9-6-10-22(15-21)34-29-31-16-23(30)27(35-29)19-12-11-18-13-25(28(38)33-20-7-5-8-20)36(17(2)3)24(18)14-19/h4,6,9-17,20H,1,5,7-8H2,2-3H3,(H,32,37)(H,33,38)(H,31,34,35). The molecule has 0 saturated heterocycles. The van der Waals surface area contributed by atoms with Crippen molar-refractivity contribution in [3.8, 4) is 11.3 Å². The lowest BCUT2D eigenvalue weighted by Crippen LogP contribution is -2.40. The number of hydrogen-bond acceptors (Lipinski definition) is 5. The summed E-state index contributed by atoms with van der Waals surface area (Å²) in [5.74, 6) is -0.777. The van der Waals surface area contributed by atoms with Gasteiger partial charge < -0.3 is 20.5 Å². The largest absolute Gasteiger partial charge is 0.348 e. The van der Waals surface area contributed by atoms with E-state index in [2.05, 4.69) is 32.5 Å². The van der Waals surface area contributed by atoms with Crippen LogP contribution in [0.15, 0.2) is 67.4 Å². The molecule has 2 aromatic carbocycles. The van der Waals surface area contributed by atoms with E-state index in [1.54, 1.807) is 30.3 Å². The molecule has 2 amide bonds. The van der Waals surface area contributed by atoms with Crippen molar-refractivity contribution >= 4 is 40.0 Å². The molecule has 0 spiro atoms. The second-order valence-electron chi connectivity index (χ2n) is 9.66. The van der Waals surface area contributed by atoms with E-state index in [1.165, 1.54) is 6.08 Å². The Morgan fingerprint density at radius 2 is 1.92 bits per heavy atom. The fraction of sp³-hybridized carbons (Fsp3) is 0.241. The van der Waals surface area contributed by atoms with Crippen LogP contribution in [0, 0.1) is 5.82 Å². The Morgan fingerprint density at radius 3 is 2.63 bits per heavy atom. The zero-order valence-corrected chi connectivity index (χ0v) is 21.3. The van der Waals surface area contributed by atoms with E-state index >= 15 is 0 Å². The van der Waals surface area contributed by atoms with Crippen molar-refractivity contribution in [1.29, 1.82) is 0 Å². The van der Waals surface area contributed by atoms with Crippen LogP contribution in [-0.2, 0) is 4.79 Å². The molecular weight excluding hydrogens is 483 g/mol. The number of rotatable bonds is 8. The van der Waals surface area contributed by atoms with Crippen molar-refractivity contribution in [1.82, 2.24) is 19.9 Å². The molecule has 0 bridgehead atoms. The van der Waals surface area contributed by atoms with Crippen LogP contribution in [0.5, 0.6) is 0 Å². The lowest BCUT2D eigenvalue weighted by atomic mass is 9.93. The third-order valence-corrected chi connectivity index (χ3v) is 6.62. The molecule has 38 heavy (non-hydrogen) atoms. The summed E-state index contributed by atoms with van der Waals surface area (Å²) in [6.45, 7) is 7.49. The van der Waals surface area contributed by atoms with Crippen LogP contribution in [0.25, 0.3) is 22.2 Å². The van der Waals surface area contributed by atoms with Crippen LogP contribution in [0.1, 0.15) is 49.6 Å². The number of nitrogens with zero attached hydrogens (tertiary/aromatic N) is 3. The van der Waals surface area contributed by atoms with Gasteiger partial charge in [-0.15, -0.1) is 0 Å². The fourth-order valence-electron chi connectivity index (χ4n) is 4.54. The first-order valence-corrected chi connectivity index (χ1v) is 12.6. The summed E-state index contributed by atoms with van der Waals surface area (Å²) in [5.41, 5.74) is 3.31. The van der Waals surface area contributed by atoms with Crippen LogP contribution >= 0.6 is 0 Å². The van der Waals surface area contributed by atoms with E-state index in [0.29, 0.717) is 22.6 Å². The molecule has 5 rings (SSSR count). The number of aromatic nitrogens is 3. The highest BCUT2D eigenvalue weighted by atomic mass is 19.1. The highest BCUT2D eigenvalue weighted by molar-refractivity contribution is 6.00. The first kappa shape index (κ1) is 25.1. The zero-order valence-electron chi connectivity index (χ0n) is 21.3. The molecule has 1 saturated carbocycles. The molecule has 2 heterocycles. The number of carbonyl (C=O) groups excluding carboxylic acids is 2. The zero-order chi connectivity index (χ0) is 26.8. The summed E-state index contributed by atoms with van der Waals surface area (Å²) >= 11 is 0. The Balaban J connectivity index is 1.46. The minimum absolute atomic E-state index is 0.0196. The topological polar surface area (TPSA) is 101 Å². The van der Waals surface area contributed by atoms with Crippen molar-refractivity contribution in [2.45, 2.75) is 45.2 Å². The molecule has 0 atom stereocenters. The van der Waals surface area contributed by atoms with Gasteiger partial charge in [0.05, 0.1) is 6.20 Å². The van der Waals surface area contributed by atoms with Gasteiger partial charge in [-0.2, -0.15) is 0 Å². The third-order valence-electron chi connectivity index (χ3n) is 6.62. The second-order valence-corrected chi connectivity index (χ2v) is 9.66. The summed E-state index contributed by atoms with van der Waals surface area (Å²) in [5, 5.41) is 9.77. The number of carbonyl (C=O) groups is 2. The van der Waals surface area contributed by atoms with E-state index in [1.807, 2.05) is 36.6 Å². The molecule has 194 valence electrons. The number of halogens is 1. The minimum Gasteiger partial charge on any atom is -0.348 e. The van der Waals surface area contributed by atoms with Gasteiger partial charge in [-0.25, -0.2) is 14.4 Å². The molecule has 0 aliphatic heterocycles. The van der Waals surface area contributed by atoms with Crippen LogP contribution in [0.2, 0.25) is 0 Å². The number of fused-ring (bicyclic) bond motifs is 1. The van der Waals surface area contributed by atoms with Crippen molar-refractivity contribution < 1.29 is 14.0 Å². The van der Waals surface area contributed by atoms with Crippen molar-refractivity contribution in [2.75, 3.05) is 10.6 Å². The maximum Gasteiger partial charge on any atom is 0.268 e. The molecular formula is C29H29FN6O2. The number of nitrogens with one attached hydrogen (secondary N) is 3. The van der Waals surface area contributed by atoms with Gasteiger partial charge >= 0.3 is 0 Å². The van der Waals surface area contributed by atoms with Gasteiger partial charge in [-0.1, -0.05) is 24.8 Å². The second kappa shape index (κ2) is 10.5. The SMILES string of the molecule is C=CC(=O)Nc1cccc(Nc2ncc(F)c(-c3ccc4cc(C(=O)NC5CCC5)n(C(C)C)c4c3)n2)c1. The maximum atomic E-state index is 14.9. The summed E-state index contributed by atoms with van der Waals surface area (Å²) in [6.07, 6.45) is 5.47. The van der Waals surface area contributed by atoms with Crippen LogP contribution < -0.4 is 16.0 Å². The molecule has 2 aromatic heterocycles. The average molecular weight is 513 g/mol. The summed E-state index contributed by atoms with van der Waals surface area (Å²) in [7, 11) is 0. The summed E-state index contributed by atoms with van der Waals surface area (Å²) in [4.78, 5) is 33.2. The smallest absolute Gasteiger partial charge is 0.268 e. The predicted molar refractivity (Wildman–Crippen MR) is 147 cm³/mol. The van der Waals surface area contributed by atoms with Crippen molar-refractivity contribution in [3.05, 3.63) is 78.9 Å². The quantitative estimate of drug-likeness (QED) is 0.253. The molecule has 4 aromatic rings. The average Bonchev–Trinajstić information content (AvgIpc) is 3.26. The minimum atomic E-state index is -0.562. The third kappa shape index (κ3) is 5.13. The molecule has 8 nitrogen and oxygen atoms in total. The Hall–Kier alpha value is -4.53. The lowest BCUT2D eigenvalue weighted by Gasteiger charge is -2.27. The highest BCUT2D eigenvalue weighted by Crippen LogP contribution is 2.31. The van der Waals surface area contributed by atoms with Gasteiger partial charge in [0.25, 0.3) is 5.91 Å². The fourth-order valence-corrected chi connectivity index (χ4v) is 4.54. The van der Waals surface area contributed by atoms with E-state index < -0.39 is 5.82 Å². The molecule has 1 aliphatic rings. The first-order chi connectivity index (χ1) is 18.3. The molecule has 1 aliphatic carbocycles. The molecule has 1 fully saturated rings. The lowest BCUT2D eigenvalue weighted by molar-refractivity contribution is -0.111. The summed E-state index contributed by atoms with van der Waals surface area (Å²) in [6, 6.07) is 14.7. The Labute approximate surface area is 220 Å². The van der Waals surface area contributed by atoms with E-state index in [4.69, 9.17) is 0 Å². The van der Waals surface area contributed by atoms with Gasteiger partial charge in [0.15, 0.2) is 5.82 Å². The van der Waals surface area contributed by atoms with Crippen LogP contribution in [0.3, 0.4) is 0 Å².